The normalized spacial score (nSPS) is 26.6. The Balaban J connectivity index is 1.28. The first-order valence-corrected chi connectivity index (χ1v) is 9.73. The number of hydrogen-bond donors (Lipinski definition) is 1. The Kier molecular flexibility index (Phi) is 5.05. The fraction of sp³-hybridized carbons (Fsp3) is 0.476. The lowest BCUT2D eigenvalue weighted by molar-refractivity contribution is 0.184. The number of phenolic OH excluding ortho intramolecular Hbond substituents is 1. The summed E-state index contributed by atoms with van der Waals surface area (Å²) >= 11 is 5.99. The molecule has 2 fully saturated rings. The maximum absolute atomic E-state index is 9.44. The lowest BCUT2D eigenvalue weighted by atomic mass is 10.0. The van der Waals surface area contributed by atoms with Crippen LogP contribution in [0, 0.1) is 11.8 Å². The third kappa shape index (κ3) is 3.97. The number of fused-ring (bicyclic) bond motifs is 1. The average molecular weight is 373 g/mol. The molecule has 0 spiro atoms. The molecule has 0 radical (unpaired) electrons. The van der Waals surface area contributed by atoms with Crippen LogP contribution in [0.3, 0.4) is 0 Å². The van der Waals surface area contributed by atoms with Crippen molar-refractivity contribution in [3.05, 3.63) is 53.3 Å². The third-order valence-corrected chi connectivity index (χ3v) is 5.97. The van der Waals surface area contributed by atoms with Crippen LogP contribution >= 0.6 is 11.6 Å². The molecule has 1 saturated heterocycles. The van der Waals surface area contributed by atoms with Crippen molar-refractivity contribution in [3.63, 3.8) is 0 Å². The summed E-state index contributed by atoms with van der Waals surface area (Å²) in [5, 5.41) is 10.1. The van der Waals surface area contributed by atoms with Gasteiger partial charge in [0.2, 0.25) is 0 Å². The van der Waals surface area contributed by atoms with Gasteiger partial charge in [0.1, 0.15) is 11.5 Å². The van der Waals surface area contributed by atoms with E-state index in [0.717, 1.165) is 50.1 Å². The number of aromatic nitrogens is 1. The van der Waals surface area contributed by atoms with Crippen molar-refractivity contribution in [2.75, 3.05) is 19.6 Å². The van der Waals surface area contributed by atoms with E-state index in [1.807, 2.05) is 18.2 Å². The van der Waals surface area contributed by atoms with Gasteiger partial charge in [-0.15, -0.1) is 0 Å². The molecule has 2 aliphatic rings. The summed E-state index contributed by atoms with van der Waals surface area (Å²) in [6.07, 6.45) is 5.88. The number of aromatic hydroxyl groups is 1. The summed E-state index contributed by atoms with van der Waals surface area (Å²) < 4.78 is 6.10. The molecule has 1 saturated carbocycles. The van der Waals surface area contributed by atoms with Gasteiger partial charge in [-0.05, 0) is 48.3 Å². The summed E-state index contributed by atoms with van der Waals surface area (Å²) in [4.78, 5) is 6.68. The van der Waals surface area contributed by atoms with E-state index in [0.29, 0.717) is 16.7 Å². The van der Waals surface area contributed by atoms with Crippen LogP contribution in [0.15, 0.2) is 42.7 Å². The number of nitrogens with zero attached hydrogens (tertiary/aromatic N) is 2. The van der Waals surface area contributed by atoms with E-state index in [1.165, 1.54) is 5.56 Å². The molecule has 4 atom stereocenters. The Morgan fingerprint density at radius 3 is 2.54 bits per heavy atom. The standard InChI is InChI=1S/C21H25ClN2O2/c1-14(15-2-4-19(25)5-3-15)11-24-12-16-6-20(7-17(16)13-24)26-21-8-18(22)9-23-10-21/h2-5,8-10,14,16-17,20,25H,6-7,11-13H2,1H3/t14?,16-,17+,20+. The molecule has 4 rings (SSSR count). The lowest BCUT2D eigenvalue weighted by Crippen LogP contribution is -2.28. The highest BCUT2D eigenvalue weighted by Gasteiger charge is 2.42. The molecule has 4 nitrogen and oxygen atoms in total. The van der Waals surface area contributed by atoms with Crippen molar-refractivity contribution >= 4 is 11.6 Å². The van der Waals surface area contributed by atoms with E-state index < -0.39 is 0 Å². The summed E-state index contributed by atoms with van der Waals surface area (Å²) in [5.74, 6) is 3.02. The molecule has 1 aromatic heterocycles. The molecule has 0 bridgehead atoms. The zero-order chi connectivity index (χ0) is 18.1. The number of halogens is 1. The monoisotopic (exact) mass is 372 g/mol. The van der Waals surface area contributed by atoms with Crippen LogP contribution < -0.4 is 4.74 Å². The van der Waals surface area contributed by atoms with Crippen LogP contribution in [0.25, 0.3) is 0 Å². The number of ether oxygens (including phenoxy) is 1. The topological polar surface area (TPSA) is 45.6 Å². The second-order valence-corrected chi connectivity index (χ2v) is 8.22. The molecular weight excluding hydrogens is 348 g/mol. The van der Waals surface area contributed by atoms with Crippen molar-refractivity contribution in [3.8, 4) is 11.5 Å². The van der Waals surface area contributed by atoms with Crippen LogP contribution in [-0.2, 0) is 0 Å². The fourth-order valence-corrected chi connectivity index (χ4v) is 4.70. The Morgan fingerprint density at radius 1 is 1.19 bits per heavy atom. The molecule has 5 heteroatoms. The summed E-state index contributed by atoms with van der Waals surface area (Å²) in [6.45, 7) is 5.64. The molecule has 0 amide bonds. The van der Waals surface area contributed by atoms with Crippen molar-refractivity contribution in [2.24, 2.45) is 11.8 Å². The van der Waals surface area contributed by atoms with E-state index in [1.54, 1.807) is 24.5 Å². The van der Waals surface area contributed by atoms with Crippen LogP contribution in [0.5, 0.6) is 11.5 Å². The predicted molar refractivity (Wildman–Crippen MR) is 103 cm³/mol. The number of hydrogen-bond acceptors (Lipinski definition) is 4. The minimum absolute atomic E-state index is 0.280. The highest BCUT2D eigenvalue weighted by molar-refractivity contribution is 6.30. The fourth-order valence-electron chi connectivity index (χ4n) is 4.53. The highest BCUT2D eigenvalue weighted by Crippen LogP contribution is 2.40. The first-order valence-electron chi connectivity index (χ1n) is 9.35. The smallest absolute Gasteiger partial charge is 0.139 e. The maximum Gasteiger partial charge on any atom is 0.139 e. The molecule has 1 unspecified atom stereocenters. The predicted octanol–water partition coefficient (Wildman–Crippen LogP) is 4.33. The van der Waals surface area contributed by atoms with Gasteiger partial charge in [0.25, 0.3) is 0 Å². The van der Waals surface area contributed by atoms with Gasteiger partial charge < -0.3 is 14.7 Å². The van der Waals surface area contributed by atoms with Gasteiger partial charge in [0, 0.05) is 31.9 Å². The second kappa shape index (κ2) is 7.45. The van der Waals surface area contributed by atoms with Crippen molar-refractivity contribution in [1.29, 1.82) is 0 Å². The number of likely N-dealkylation sites (tertiary alicyclic amines) is 1. The van der Waals surface area contributed by atoms with Crippen LogP contribution in [-0.4, -0.2) is 40.7 Å². The Bertz CT molecular complexity index is 738. The summed E-state index contributed by atoms with van der Waals surface area (Å²) in [7, 11) is 0. The molecule has 138 valence electrons. The number of pyridine rings is 1. The summed E-state index contributed by atoms with van der Waals surface area (Å²) in [6, 6.07) is 9.45. The van der Waals surface area contributed by atoms with E-state index in [4.69, 9.17) is 16.3 Å². The second-order valence-electron chi connectivity index (χ2n) is 7.78. The van der Waals surface area contributed by atoms with Crippen LogP contribution in [0.4, 0.5) is 0 Å². The van der Waals surface area contributed by atoms with Crippen molar-refractivity contribution in [2.45, 2.75) is 31.8 Å². The van der Waals surface area contributed by atoms with E-state index in [9.17, 15) is 5.11 Å². The van der Waals surface area contributed by atoms with Gasteiger partial charge in [-0.25, -0.2) is 0 Å². The Morgan fingerprint density at radius 2 is 1.88 bits per heavy atom. The van der Waals surface area contributed by atoms with Gasteiger partial charge in [0.15, 0.2) is 0 Å². The number of benzene rings is 1. The van der Waals surface area contributed by atoms with Gasteiger partial charge in [-0.1, -0.05) is 30.7 Å². The molecule has 26 heavy (non-hydrogen) atoms. The Labute approximate surface area is 159 Å². The zero-order valence-electron chi connectivity index (χ0n) is 15.0. The van der Waals surface area contributed by atoms with Crippen molar-refractivity contribution < 1.29 is 9.84 Å². The molecule has 2 aromatic rings. The Hall–Kier alpha value is -1.78. The molecule has 2 heterocycles. The van der Waals surface area contributed by atoms with Crippen LogP contribution in [0.2, 0.25) is 5.02 Å². The van der Waals surface area contributed by atoms with E-state index in [2.05, 4.69) is 16.8 Å². The van der Waals surface area contributed by atoms with E-state index in [-0.39, 0.29) is 6.10 Å². The molecule has 1 aliphatic carbocycles. The molecule has 1 aromatic carbocycles. The van der Waals surface area contributed by atoms with Gasteiger partial charge >= 0.3 is 0 Å². The first-order chi connectivity index (χ1) is 12.6. The minimum Gasteiger partial charge on any atom is -0.508 e. The molecular formula is C21H25ClN2O2. The van der Waals surface area contributed by atoms with Crippen molar-refractivity contribution in [1.82, 2.24) is 9.88 Å². The van der Waals surface area contributed by atoms with Gasteiger partial charge in [0.05, 0.1) is 17.3 Å². The molecule has 1 N–H and O–H groups in total. The summed E-state index contributed by atoms with van der Waals surface area (Å²) in [5.41, 5.74) is 1.29. The van der Waals surface area contributed by atoms with Gasteiger partial charge in [-0.3, -0.25) is 4.98 Å². The average Bonchev–Trinajstić information content (AvgIpc) is 3.13. The number of phenols is 1. The number of rotatable bonds is 5. The lowest BCUT2D eigenvalue weighted by Gasteiger charge is -2.23. The van der Waals surface area contributed by atoms with Crippen LogP contribution in [0.1, 0.15) is 31.2 Å². The van der Waals surface area contributed by atoms with Gasteiger partial charge in [-0.2, -0.15) is 0 Å². The minimum atomic E-state index is 0.280. The SMILES string of the molecule is CC(CN1C[C@H]2C[C@H](Oc3cncc(Cl)c3)C[C@H]2C1)c1ccc(O)cc1. The first kappa shape index (κ1) is 17.6. The quantitative estimate of drug-likeness (QED) is 0.848. The van der Waals surface area contributed by atoms with E-state index >= 15 is 0 Å². The largest absolute Gasteiger partial charge is 0.508 e. The molecule has 1 aliphatic heterocycles. The third-order valence-electron chi connectivity index (χ3n) is 5.76. The maximum atomic E-state index is 9.44. The highest BCUT2D eigenvalue weighted by atomic mass is 35.5. The zero-order valence-corrected chi connectivity index (χ0v) is 15.8.